The summed E-state index contributed by atoms with van der Waals surface area (Å²) in [6, 6.07) is 10.1. The highest BCUT2D eigenvalue weighted by Gasteiger charge is 2.25. The molecular weight excluding hydrogens is 276 g/mol. The third kappa shape index (κ3) is 6.73. The molecule has 124 valence electrons. The zero-order chi connectivity index (χ0) is 16.4. The molecule has 22 heavy (non-hydrogen) atoms. The lowest BCUT2D eigenvalue weighted by Crippen LogP contribution is -2.33. The fraction of sp³-hybridized carbons (Fsp3) is 0.579. The van der Waals surface area contributed by atoms with Crippen LogP contribution in [0.25, 0.3) is 0 Å². The summed E-state index contributed by atoms with van der Waals surface area (Å²) < 4.78 is 5.62. The number of rotatable bonds is 11. The molecule has 0 fully saturated rings. The van der Waals surface area contributed by atoms with Crippen LogP contribution in [-0.4, -0.2) is 29.0 Å². The number of hydrogen-bond donors (Lipinski definition) is 2. The van der Waals surface area contributed by atoms with Crippen molar-refractivity contribution in [2.75, 3.05) is 6.61 Å². The summed E-state index contributed by atoms with van der Waals surface area (Å²) in [6.07, 6.45) is 3.22. The molecule has 0 spiro atoms. The molecule has 1 aromatic rings. The van der Waals surface area contributed by atoms with Gasteiger partial charge in [0, 0.05) is 18.4 Å². The van der Waals surface area contributed by atoms with Crippen molar-refractivity contribution in [3.63, 3.8) is 0 Å². The minimum Gasteiger partial charge on any atom is -0.393 e. The summed E-state index contributed by atoms with van der Waals surface area (Å²) in [4.78, 5) is 0. The van der Waals surface area contributed by atoms with E-state index < -0.39 is 12.2 Å². The van der Waals surface area contributed by atoms with Crippen LogP contribution in [0.5, 0.6) is 0 Å². The Morgan fingerprint density at radius 2 is 1.82 bits per heavy atom. The molecule has 0 unspecified atom stereocenters. The van der Waals surface area contributed by atoms with Crippen molar-refractivity contribution in [1.29, 1.82) is 0 Å². The van der Waals surface area contributed by atoms with Crippen LogP contribution in [0, 0.1) is 11.8 Å². The summed E-state index contributed by atoms with van der Waals surface area (Å²) >= 11 is 0. The Morgan fingerprint density at radius 1 is 1.14 bits per heavy atom. The molecule has 3 heteroatoms. The first kappa shape index (κ1) is 18.9. The number of aliphatic hydroxyl groups is 2. The Balaban J connectivity index is 2.12. The summed E-state index contributed by atoms with van der Waals surface area (Å²) in [5.74, 6) is -0.142. The van der Waals surface area contributed by atoms with Gasteiger partial charge in [0.1, 0.15) is 0 Å². The molecule has 0 heterocycles. The van der Waals surface area contributed by atoms with Crippen molar-refractivity contribution >= 4 is 0 Å². The molecule has 1 aromatic carbocycles. The van der Waals surface area contributed by atoms with Crippen LogP contribution in [0.3, 0.4) is 0 Å². The van der Waals surface area contributed by atoms with Gasteiger partial charge in [0.25, 0.3) is 0 Å². The number of ether oxygens (including phenoxy) is 1. The van der Waals surface area contributed by atoms with E-state index in [2.05, 4.69) is 6.58 Å². The van der Waals surface area contributed by atoms with Crippen LogP contribution < -0.4 is 0 Å². The van der Waals surface area contributed by atoms with E-state index in [4.69, 9.17) is 4.74 Å². The molecule has 0 aliphatic heterocycles. The SMILES string of the molecule is C=C[C@H](C)[C@@H](O)[C@H](C)[C@@H](O)CCCCOCc1ccccc1. The van der Waals surface area contributed by atoms with Crippen molar-refractivity contribution in [3.8, 4) is 0 Å². The van der Waals surface area contributed by atoms with Gasteiger partial charge in [-0.15, -0.1) is 6.58 Å². The first-order valence-corrected chi connectivity index (χ1v) is 8.16. The predicted octanol–water partition coefficient (Wildman–Crippen LogP) is 3.55. The number of benzene rings is 1. The smallest absolute Gasteiger partial charge is 0.0716 e. The molecule has 3 nitrogen and oxygen atoms in total. The second-order valence-electron chi connectivity index (χ2n) is 6.05. The highest BCUT2D eigenvalue weighted by Crippen LogP contribution is 2.20. The molecule has 0 bridgehead atoms. The maximum absolute atomic E-state index is 10.1. The van der Waals surface area contributed by atoms with E-state index in [1.165, 1.54) is 5.56 Å². The summed E-state index contributed by atoms with van der Waals surface area (Å²) in [5, 5.41) is 20.2. The van der Waals surface area contributed by atoms with Crippen molar-refractivity contribution in [2.24, 2.45) is 11.8 Å². The largest absolute Gasteiger partial charge is 0.393 e. The third-order valence-electron chi connectivity index (χ3n) is 4.21. The molecule has 0 aliphatic rings. The molecule has 1 rings (SSSR count). The Hall–Kier alpha value is -1.16. The number of unbranched alkanes of at least 4 members (excludes halogenated alkanes) is 1. The quantitative estimate of drug-likeness (QED) is 0.485. The van der Waals surface area contributed by atoms with Crippen LogP contribution in [0.15, 0.2) is 43.0 Å². The van der Waals surface area contributed by atoms with Crippen molar-refractivity contribution in [1.82, 2.24) is 0 Å². The zero-order valence-electron chi connectivity index (χ0n) is 13.8. The predicted molar refractivity (Wildman–Crippen MR) is 90.5 cm³/mol. The van der Waals surface area contributed by atoms with E-state index in [1.807, 2.05) is 44.2 Å². The average molecular weight is 306 g/mol. The van der Waals surface area contributed by atoms with E-state index in [1.54, 1.807) is 6.08 Å². The monoisotopic (exact) mass is 306 g/mol. The van der Waals surface area contributed by atoms with Gasteiger partial charge < -0.3 is 14.9 Å². The van der Waals surface area contributed by atoms with E-state index in [0.29, 0.717) is 19.6 Å². The Bertz CT molecular complexity index is 404. The molecule has 0 saturated heterocycles. The zero-order valence-corrected chi connectivity index (χ0v) is 13.8. The molecular formula is C19H30O3. The molecule has 0 saturated carbocycles. The van der Waals surface area contributed by atoms with E-state index >= 15 is 0 Å². The molecule has 0 aliphatic carbocycles. The summed E-state index contributed by atoms with van der Waals surface area (Å²) in [6.45, 7) is 8.82. The molecule has 0 aromatic heterocycles. The van der Waals surface area contributed by atoms with Crippen LogP contribution in [0.1, 0.15) is 38.7 Å². The third-order valence-corrected chi connectivity index (χ3v) is 4.21. The van der Waals surface area contributed by atoms with Crippen LogP contribution in [0.2, 0.25) is 0 Å². The first-order chi connectivity index (χ1) is 10.6. The van der Waals surface area contributed by atoms with Gasteiger partial charge in [-0.3, -0.25) is 0 Å². The second kappa shape index (κ2) is 10.5. The van der Waals surface area contributed by atoms with Gasteiger partial charge in [-0.2, -0.15) is 0 Å². The number of hydrogen-bond acceptors (Lipinski definition) is 3. The van der Waals surface area contributed by atoms with Gasteiger partial charge in [0.15, 0.2) is 0 Å². The Kier molecular flexibility index (Phi) is 9.05. The first-order valence-electron chi connectivity index (χ1n) is 8.16. The fourth-order valence-electron chi connectivity index (χ4n) is 2.43. The van der Waals surface area contributed by atoms with Gasteiger partial charge in [0.2, 0.25) is 0 Å². The highest BCUT2D eigenvalue weighted by molar-refractivity contribution is 5.13. The lowest BCUT2D eigenvalue weighted by molar-refractivity contribution is -0.00134. The maximum Gasteiger partial charge on any atom is 0.0716 e. The van der Waals surface area contributed by atoms with E-state index in [-0.39, 0.29) is 11.8 Å². The Labute approximate surface area is 134 Å². The molecule has 0 amide bonds. The van der Waals surface area contributed by atoms with Crippen LogP contribution in [0.4, 0.5) is 0 Å². The van der Waals surface area contributed by atoms with Crippen molar-refractivity contribution in [3.05, 3.63) is 48.6 Å². The van der Waals surface area contributed by atoms with Gasteiger partial charge in [-0.1, -0.05) is 50.3 Å². The van der Waals surface area contributed by atoms with Gasteiger partial charge >= 0.3 is 0 Å². The lowest BCUT2D eigenvalue weighted by Gasteiger charge is -2.27. The second-order valence-corrected chi connectivity index (χ2v) is 6.05. The highest BCUT2D eigenvalue weighted by atomic mass is 16.5. The van der Waals surface area contributed by atoms with Gasteiger partial charge in [-0.05, 0) is 24.8 Å². The number of aliphatic hydroxyl groups excluding tert-OH is 2. The van der Waals surface area contributed by atoms with Gasteiger partial charge in [0.05, 0.1) is 18.8 Å². The van der Waals surface area contributed by atoms with Crippen molar-refractivity contribution < 1.29 is 14.9 Å². The lowest BCUT2D eigenvalue weighted by atomic mass is 9.87. The minimum absolute atomic E-state index is 0.00106. The van der Waals surface area contributed by atoms with Crippen LogP contribution >= 0.6 is 0 Å². The van der Waals surface area contributed by atoms with Crippen LogP contribution in [-0.2, 0) is 11.3 Å². The maximum atomic E-state index is 10.1. The standard InChI is InChI=1S/C19H30O3/c1-4-15(2)19(21)16(3)18(20)12-8-9-13-22-14-17-10-6-5-7-11-17/h4-7,10-11,15-16,18-21H,1,8-9,12-14H2,2-3H3/t15-,16+,18-,19+/m0/s1. The Morgan fingerprint density at radius 3 is 2.45 bits per heavy atom. The summed E-state index contributed by atoms with van der Waals surface area (Å²) in [5.41, 5.74) is 1.18. The minimum atomic E-state index is -0.540. The molecule has 4 atom stereocenters. The van der Waals surface area contributed by atoms with Gasteiger partial charge in [-0.25, -0.2) is 0 Å². The normalized spacial score (nSPS) is 16.7. The molecule has 0 radical (unpaired) electrons. The average Bonchev–Trinajstić information content (AvgIpc) is 2.56. The molecule has 2 N–H and O–H groups in total. The van der Waals surface area contributed by atoms with E-state index in [9.17, 15) is 10.2 Å². The summed E-state index contributed by atoms with van der Waals surface area (Å²) in [7, 11) is 0. The topological polar surface area (TPSA) is 49.7 Å². The fourth-order valence-corrected chi connectivity index (χ4v) is 2.43. The van der Waals surface area contributed by atoms with E-state index in [0.717, 1.165) is 12.8 Å². The van der Waals surface area contributed by atoms with Crippen molar-refractivity contribution in [2.45, 2.75) is 51.9 Å².